The number of esters is 1. The number of ether oxygens (including phenoxy) is 4. The highest BCUT2D eigenvalue weighted by molar-refractivity contribution is 6.30. The van der Waals surface area contributed by atoms with Crippen molar-refractivity contribution in [3.05, 3.63) is 58.6 Å². The van der Waals surface area contributed by atoms with Gasteiger partial charge in [0.2, 0.25) is 6.79 Å². The fourth-order valence-electron chi connectivity index (χ4n) is 4.91. The first-order valence-electron chi connectivity index (χ1n) is 11.3. The van der Waals surface area contributed by atoms with E-state index in [-0.39, 0.29) is 23.9 Å². The number of carbonyl (C=O) groups is 1. The van der Waals surface area contributed by atoms with E-state index in [1.165, 1.54) is 5.56 Å². The average Bonchev–Trinajstić information content (AvgIpc) is 3.25. The predicted molar refractivity (Wildman–Crippen MR) is 120 cm³/mol. The summed E-state index contributed by atoms with van der Waals surface area (Å²) in [5.74, 6) is 1.84. The van der Waals surface area contributed by atoms with Gasteiger partial charge < -0.3 is 23.8 Å². The number of halogens is 1. The molecule has 0 radical (unpaired) electrons. The topological polar surface area (TPSA) is 57.2 Å². The molecule has 2 atom stereocenters. The van der Waals surface area contributed by atoms with Gasteiger partial charge in [0.15, 0.2) is 11.5 Å². The zero-order valence-corrected chi connectivity index (χ0v) is 18.8. The lowest BCUT2D eigenvalue weighted by atomic mass is 9.84. The Bertz CT molecular complexity index is 936. The first-order valence-corrected chi connectivity index (χ1v) is 11.7. The molecule has 0 N–H and O–H groups in total. The summed E-state index contributed by atoms with van der Waals surface area (Å²) in [5.41, 5.74) is 1.83. The van der Waals surface area contributed by atoms with Crippen molar-refractivity contribution in [2.45, 2.75) is 25.4 Å². The van der Waals surface area contributed by atoms with Crippen LogP contribution >= 0.6 is 11.6 Å². The van der Waals surface area contributed by atoms with Crippen LogP contribution in [0, 0.1) is 11.8 Å². The molecule has 2 aromatic rings. The van der Waals surface area contributed by atoms with E-state index in [0.717, 1.165) is 50.4 Å². The number of hydrogen-bond donors (Lipinski definition) is 0. The van der Waals surface area contributed by atoms with E-state index in [2.05, 4.69) is 17.0 Å². The number of benzene rings is 2. The number of aryl methyl sites for hydroxylation is 1. The SMILES string of the molecule is O=C(OC1C2COCC1CN(CCCCc1ccc3c(c1)OCO3)C2)c1ccc(Cl)cc1. The Hall–Kier alpha value is -2.28. The predicted octanol–water partition coefficient (Wildman–Crippen LogP) is 4.20. The minimum Gasteiger partial charge on any atom is -0.458 e. The Morgan fingerprint density at radius 2 is 1.75 bits per heavy atom. The third kappa shape index (κ3) is 4.87. The monoisotopic (exact) mass is 457 g/mol. The standard InChI is InChI=1S/C25H28ClNO5/c26-21-7-5-18(6-8-21)25(28)32-24-19-12-27(13-20(24)15-29-14-19)10-2-1-3-17-4-9-22-23(11-17)31-16-30-22/h4-9,11,19-20,24H,1-3,10,12-16H2. The lowest BCUT2D eigenvalue weighted by Gasteiger charge is -2.46. The van der Waals surface area contributed by atoms with E-state index < -0.39 is 0 Å². The highest BCUT2D eigenvalue weighted by atomic mass is 35.5. The molecular formula is C25H28ClNO5. The van der Waals surface area contributed by atoms with Crippen LogP contribution in [-0.4, -0.2) is 56.6 Å². The molecule has 6 nitrogen and oxygen atoms in total. The van der Waals surface area contributed by atoms with Crippen molar-refractivity contribution in [1.82, 2.24) is 4.90 Å². The van der Waals surface area contributed by atoms with Crippen molar-refractivity contribution in [3.8, 4) is 11.5 Å². The van der Waals surface area contributed by atoms with Crippen LogP contribution < -0.4 is 9.47 Å². The van der Waals surface area contributed by atoms with Crippen molar-refractivity contribution < 1.29 is 23.7 Å². The second kappa shape index (κ2) is 9.69. The molecule has 2 bridgehead atoms. The van der Waals surface area contributed by atoms with E-state index in [0.29, 0.717) is 30.6 Å². The molecule has 2 fully saturated rings. The number of nitrogens with zero attached hydrogens (tertiary/aromatic N) is 1. The second-order valence-electron chi connectivity index (χ2n) is 8.84. The summed E-state index contributed by atoms with van der Waals surface area (Å²) < 4.78 is 22.6. The Morgan fingerprint density at radius 1 is 1.00 bits per heavy atom. The smallest absolute Gasteiger partial charge is 0.338 e. The Balaban J connectivity index is 1.10. The minimum absolute atomic E-state index is 0.0863. The lowest BCUT2D eigenvalue weighted by molar-refractivity contribution is -0.128. The number of unbranched alkanes of at least 4 members (excludes halogenated alkanes) is 1. The van der Waals surface area contributed by atoms with E-state index >= 15 is 0 Å². The number of piperidine rings is 1. The maximum absolute atomic E-state index is 12.6. The zero-order valence-electron chi connectivity index (χ0n) is 18.0. The molecule has 3 heterocycles. The first kappa shape index (κ1) is 21.6. The maximum Gasteiger partial charge on any atom is 0.338 e. The Labute approximate surface area is 193 Å². The van der Waals surface area contributed by atoms with Crippen molar-refractivity contribution in [1.29, 1.82) is 0 Å². The highest BCUT2D eigenvalue weighted by Crippen LogP contribution is 2.33. The molecule has 0 spiro atoms. The molecule has 32 heavy (non-hydrogen) atoms. The lowest BCUT2D eigenvalue weighted by Crippen LogP contribution is -2.56. The van der Waals surface area contributed by atoms with E-state index in [1.807, 2.05) is 6.07 Å². The summed E-state index contributed by atoms with van der Waals surface area (Å²) in [6.45, 7) is 4.45. The van der Waals surface area contributed by atoms with Gasteiger partial charge in [-0.25, -0.2) is 4.79 Å². The van der Waals surface area contributed by atoms with Gasteiger partial charge in [0.05, 0.1) is 18.8 Å². The van der Waals surface area contributed by atoms with Crippen molar-refractivity contribution in [3.63, 3.8) is 0 Å². The molecule has 0 aliphatic carbocycles. The van der Waals surface area contributed by atoms with Gasteiger partial charge in [-0.2, -0.15) is 0 Å². The van der Waals surface area contributed by atoms with Crippen LogP contribution in [0.15, 0.2) is 42.5 Å². The quantitative estimate of drug-likeness (QED) is 0.459. The largest absolute Gasteiger partial charge is 0.458 e. The summed E-state index contributed by atoms with van der Waals surface area (Å²) >= 11 is 5.93. The fourth-order valence-corrected chi connectivity index (χ4v) is 5.04. The van der Waals surface area contributed by atoms with Gasteiger partial charge in [-0.05, 0) is 67.8 Å². The third-order valence-electron chi connectivity index (χ3n) is 6.53. The van der Waals surface area contributed by atoms with Gasteiger partial charge in [0.1, 0.15) is 6.10 Å². The van der Waals surface area contributed by atoms with Gasteiger partial charge in [-0.1, -0.05) is 17.7 Å². The van der Waals surface area contributed by atoms with E-state index in [1.54, 1.807) is 24.3 Å². The number of fused-ring (bicyclic) bond motifs is 3. The summed E-state index contributed by atoms with van der Waals surface area (Å²) in [4.78, 5) is 15.1. The normalized spacial score (nSPS) is 24.3. The molecule has 3 aliphatic heterocycles. The molecule has 2 saturated heterocycles. The summed E-state index contributed by atoms with van der Waals surface area (Å²) in [6, 6.07) is 13.1. The second-order valence-corrected chi connectivity index (χ2v) is 9.28. The maximum atomic E-state index is 12.6. The van der Waals surface area contributed by atoms with Crippen molar-refractivity contribution in [2.75, 3.05) is 39.6 Å². The summed E-state index contributed by atoms with van der Waals surface area (Å²) in [5, 5.41) is 0.610. The number of rotatable bonds is 7. The molecule has 2 unspecified atom stereocenters. The van der Waals surface area contributed by atoms with E-state index in [9.17, 15) is 4.79 Å². The summed E-state index contributed by atoms with van der Waals surface area (Å²) in [6.07, 6.45) is 3.19. The van der Waals surface area contributed by atoms with Crippen molar-refractivity contribution in [2.24, 2.45) is 11.8 Å². The van der Waals surface area contributed by atoms with Gasteiger partial charge in [0.25, 0.3) is 0 Å². The average molecular weight is 458 g/mol. The van der Waals surface area contributed by atoms with Gasteiger partial charge in [-0.3, -0.25) is 0 Å². The van der Waals surface area contributed by atoms with Gasteiger partial charge in [0, 0.05) is 29.9 Å². The molecule has 5 rings (SSSR count). The van der Waals surface area contributed by atoms with Crippen LogP contribution in [0.3, 0.4) is 0 Å². The fraction of sp³-hybridized carbons (Fsp3) is 0.480. The minimum atomic E-state index is -0.277. The van der Waals surface area contributed by atoms with Crippen LogP contribution in [0.4, 0.5) is 0 Å². The highest BCUT2D eigenvalue weighted by Gasteiger charge is 2.42. The van der Waals surface area contributed by atoms with Crippen molar-refractivity contribution >= 4 is 17.6 Å². The van der Waals surface area contributed by atoms with Gasteiger partial charge >= 0.3 is 5.97 Å². The zero-order chi connectivity index (χ0) is 21.9. The van der Waals surface area contributed by atoms with Crippen LogP contribution in [0.25, 0.3) is 0 Å². The number of carbonyl (C=O) groups excluding carboxylic acids is 1. The molecule has 7 heteroatoms. The molecule has 3 aliphatic rings. The molecule has 170 valence electrons. The number of likely N-dealkylation sites (tertiary alicyclic amines) is 1. The van der Waals surface area contributed by atoms with Crippen LogP contribution in [-0.2, 0) is 15.9 Å². The molecule has 2 aromatic carbocycles. The first-order chi connectivity index (χ1) is 15.7. The van der Waals surface area contributed by atoms with E-state index in [4.69, 9.17) is 30.5 Å². The Morgan fingerprint density at radius 3 is 2.53 bits per heavy atom. The molecule has 0 amide bonds. The summed E-state index contributed by atoms with van der Waals surface area (Å²) in [7, 11) is 0. The third-order valence-corrected chi connectivity index (χ3v) is 6.78. The molecule has 0 saturated carbocycles. The van der Waals surface area contributed by atoms with Crippen LogP contribution in [0.1, 0.15) is 28.8 Å². The van der Waals surface area contributed by atoms with Gasteiger partial charge in [-0.15, -0.1) is 0 Å². The molecular weight excluding hydrogens is 430 g/mol. The van der Waals surface area contributed by atoms with Crippen LogP contribution in [0.2, 0.25) is 5.02 Å². The number of hydrogen-bond acceptors (Lipinski definition) is 6. The Kier molecular flexibility index (Phi) is 6.53. The van der Waals surface area contributed by atoms with Crippen LogP contribution in [0.5, 0.6) is 11.5 Å². The molecule has 0 aromatic heterocycles.